The van der Waals surface area contributed by atoms with Crippen LogP contribution in [0.5, 0.6) is 11.5 Å². The molecule has 0 spiro atoms. The monoisotopic (exact) mass is 660 g/mol. The molecule has 2 aromatic carbocycles. The van der Waals surface area contributed by atoms with E-state index in [1.54, 1.807) is 36.4 Å². The minimum atomic E-state index is -0.349. The minimum Gasteiger partial charge on any atom is -0.492 e. The number of nitrogens with one attached hydrogen (secondary N) is 4. The summed E-state index contributed by atoms with van der Waals surface area (Å²) in [6.45, 7) is 0.534. The smallest absolute Gasteiger partial charge is 0.241 e. The summed E-state index contributed by atoms with van der Waals surface area (Å²) in [5, 5.41) is 1.77. The first kappa shape index (κ1) is 33.6. The van der Waals surface area contributed by atoms with Gasteiger partial charge in [-0.25, -0.2) is 0 Å². The molecule has 0 heterocycles. The standard InChI is InChI=1S/C28H32Cl4N4O6/c29-19-9-11-23(21(31)15-19)41-13-1-3-25(37)33-35-27(39)17-5-7-18(8-6-17)28(40)36-34-26(38)4-2-14-42-24-12-10-20(30)16-22(24)32/h9-12,15-18H,1-8,13-14H2,(H,33,37)(H,34,38)(H,35,39)(H,36,40). The molecule has 10 nitrogen and oxygen atoms in total. The summed E-state index contributed by atoms with van der Waals surface area (Å²) in [5.74, 6) is -1.00. The number of hydrogen-bond donors (Lipinski definition) is 4. The molecule has 4 N–H and O–H groups in total. The van der Waals surface area contributed by atoms with Gasteiger partial charge in [0.1, 0.15) is 11.5 Å². The van der Waals surface area contributed by atoms with E-state index in [9.17, 15) is 19.2 Å². The molecule has 0 aliphatic heterocycles. The van der Waals surface area contributed by atoms with Crippen LogP contribution in [0.2, 0.25) is 20.1 Å². The summed E-state index contributed by atoms with van der Waals surface area (Å²) in [5.41, 5.74) is 9.74. The molecule has 4 amide bonds. The lowest BCUT2D eigenvalue weighted by atomic mass is 9.81. The average molecular weight is 662 g/mol. The van der Waals surface area contributed by atoms with Gasteiger partial charge in [0.15, 0.2) is 0 Å². The van der Waals surface area contributed by atoms with Crippen LogP contribution in [0, 0.1) is 11.8 Å². The highest BCUT2D eigenvalue weighted by molar-refractivity contribution is 6.36. The fraction of sp³-hybridized carbons (Fsp3) is 0.429. The van der Waals surface area contributed by atoms with Crippen molar-refractivity contribution in [2.75, 3.05) is 13.2 Å². The zero-order valence-electron chi connectivity index (χ0n) is 22.7. The Morgan fingerprint density at radius 2 is 1.00 bits per heavy atom. The van der Waals surface area contributed by atoms with Crippen molar-refractivity contribution in [3.63, 3.8) is 0 Å². The van der Waals surface area contributed by atoms with Gasteiger partial charge in [-0.2, -0.15) is 0 Å². The van der Waals surface area contributed by atoms with E-state index in [1.165, 1.54) is 0 Å². The van der Waals surface area contributed by atoms with Crippen LogP contribution >= 0.6 is 46.4 Å². The Hall–Kier alpha value is -2.92. The van der Waals surface area contributed by atoms with E-state index in [2.05, 4.69) is 21.7 Å². The van der Waals surface area contributed by atoms with Gasteiger partial charge in [0.2, 0.25) is 23.6 Å². The predicted octanol–water partition coefficient (Wildman–Crippen LogP) is 5.42. The quantitative estimate of drug-likeness (QED) is 0.177. The highest BCUT2D eigenvalue weighted by atomic mass is 35.5. The Labute approximate surface area is 264 Å². The maximum atomic E-state index is 12.5. The highest BCUT2D eigenvalue weighted by Gasteiger charge is 2.30. The number of amides is 4. The predicted molar refractivity (Wildman–Crippen MR) is 160 cm³/mol. The number of benzene rings is 2. The SMILES string of the molecule is O=C(CCCOc1ccc(Cl)cc1Cl)NNC(=O)C1CCC(C(=O)NNC(=O)CCCOc2ccc(Cl)cc2Cl)CC1. The van der Waals surface area contributed by atoms with Gasteiger partial charge < -0.3 is 9.47 Å². The molecule has 0 aromatic heterocycles. The van der Waals surface area contributed by atoms with E-state index in [-0.39, 0.29) is 61.5 Å². The van der Waals surface area contributed by atoms with Crippen molar-refractivity contribution in [2.24, 2.45) is 11.8 Å². The summed E-state index contributed by atoms with van der Waals surface area (Å²) >= 11 is 23.8. The summed E-state index contributed by atoms with van der Waals surface area (Å²) < 4.78 is 11.1. The van der Waals surface area contributed by atoms with E-state index < -0.39 is 0 Å². The van der Waals surface area contributed by atoms with Gasteiger partial charge in [-0.15, -0.1) is 0 Å². The van der Waals surface area contributed by atoms with Crippen molar-refractivity contribution in [3.8, 4) is 11.5 Å². The van der Waals surface area contributed by atoms with Gasteiger partial charge in [0.25, 0.3) is 0 Å². The van der Waals surface area contributed by atoms with E-state index in [4.69, 9.17) is 55.9 Å². The van der Waals surface area contributed by atoms with Crippen LogP contribution in [0.1, 0.15) is 51.4 Å². The second kappa shape index (κ2) is 17.3. The molecule has 228 valence electrons. The van der Waals surface area contributed by atoms with Crippen molar-refractivity contribution in [3.05, 3.63) is 56.5 Å². The van der Waals surface area contributed by atoms with Gasteiger partial charge in [0, 0.05) is 34.7 Å². The number of halogens is 4. The number of carbonyl (C=O) groups excluding carboxylic acids is 4. The zero-order valence-corrected chi connectivity index (χ0v) is 25.7. The number of hydrazine groups is 2. The Kier molecular flexibility index (Phi) is 13.8. The van der Waals surface area contributed by atoms with Gasteiger partial charge in [-0.05, 0) is 74.9 Å². The number of ether oxygens (including phenoxy) is 2. The van der Waals surface area contributed by atoms with Gasteiger partial charge in [-0.3, -0.25) is 40.9 Å². The van der Waals surface area contributed by atoms with Gasteiger partial charge in [0.05, 0.1) is 23.3 Å². The fourth-order valence-electron chi connectivity index (χ4n) is 4.22. The molecule has 1 fully saturated rings. The molecule has 1 saturated carbocycles. The van der Waals surface area contributed by atoms with Gasteiger partial charge in [-0.1, -0.05) is 46.4 Å². The number of carbonyl (C=O) groups is 4. The van der Waals surface area contributed by atoms with E-state index in [0.29, 0.717) is 70.1 Å². The van der Waals surface area contributed by atoms with Crippen LogP contribution in [-0.4, -0.2) is 36.8 Å². The maximum absolute atomic E-state index is 12.5. The molecule has 3 rings (SSSR count). The fourth-order valence-corrected chi connectivity index (χ4v) is 5.15. The third-order valence-corrected chi connectivity index (χ3v) is 7.58. The van der Waals surface area contributed by atoms with Crippen LogP contribution in [0.15, 0.2) is 36.4 Å². The molecular formula is C28H32Cl4N4O6. The van der Waals surface area contributed by atoms with Crippen molar-refractivity contribution in [1.29, 1.82) is 0 Å². The number of hydrogen-bond acceptors (Lipinski definition) is 6. The second-order valence-electron chi connectivity index (χ2n) is 9.68. The molecule has 14 heteroatoms. The van der Waals surface area contributed by atoms with Crippen molar-refractivity contribution >= 4 is 70.0 Å². The molecule has 1 aliphatic carbocycles. The first-order valence-electron chi connectivity index (χ1n) is 13.5. The van der Waals surface area contributed by atoms with Crippen LogP contribution < -0.4 is 31.2 Å². The minimum absolute atomic E-state index is 0.147. The van der Waals surface area contributed by atoms with Gasteiger partial charge >= 0.3 is 0 Å². The van der Waals surface area contributed by atoms with E-state index in [0.717, 1.165) is 0 Å². The molecule has 0 bridgehead atoms. The first-order chi connectivity index (χ1) is 20.1. The molecule has 0 atom stereocenters. The van der Waals surface area contributed by atoms with Crippen LogP contribution in [0.4, 0.5) is 0 Å². The highest BCUT2D eigenvalue weighted by Crippen LogP contribution is 2.30. The lowest BCUT2D eigenvalue weighted by molar-refractivity contribution is -0.134. The van der Waals surface area contributed by atoms with Crippen molar-refractivity contribution < 1.29 is 28.7 Å². The lowest BCUT2D eigenvalue weighted by Gasteiger charge is -2.27. The maximum Gasteiger partial charge on any atom is 0.241 e. The van der Waals surface area contributed by atoms with Crippen LogP contribution in [0.25, 0.3) is 0 Å². The molecule has 0 saturated heterocycles. The molecule has 2 aromatic rings. The Morgan fingerprint density at radius 1 is 0.619 bits per heavy atom. The lowest BCUT2D eigenvalue weighted by Crippen LogP contribution is -2.47. The van der Waals surface area contributed by atoms with Crippen LogP contribution in [0.3, 0.4) is 0 Å². The second-order valence-corrected chi connectivity index (χ2v) is 11.4. The first-order valence-corrected chi connectivity index (χ1v) is 15.0. The summed E-state index contributed by atoms with van der Waals surface area (Å²) in [6, 6.07) is 9.76. The van der Waals surface area contributed by atoms with Crippen LogP contribution in [-0.2, 0) is 19.2 Å². The third-order valence-electron chi connectivity index (χ3n) is 6.52. The molecular weight excluding hydrogens is 630 g/mol. The Balaban J connectivity index is 1.23. The summed E-state index contributed by atoms with van der Waals surface area (Å²) in [4.78, 5) is 49.1. The normalized spacial score (nSPS) is 16.2. The Bertz CT molecular complexity index is 1160. The molecule has 1 aliphatic rings. The third kappa shape index (κ3) is 11.4. The molecule has 0 unspecified atom stereocenters. The number of rotatable bonds is 12. The Morgan fingerprint density at radius 3 is 1.36 bits per heavy atom. The van der Waals surface area contributed by atoms with E-state index >= 15 is 0 Å². The topological polar surface area (TPSA) is 135 Å². The summed E-state index contributed by atoms with van der Waals surface area (Å²) in [6.07, 6.45) is 3.05. The summed E-state index contributed by atoms with van der Waals surface area (Å²) in [7, 11) is 0. The van der Waals surface area contributed by atoms with E-state index in [1.807, 2.05) is 0 Å². The average Bonchev–Trinajstić information content (AvgIpc) is 2.97. The molecule has 42 heavy (non-hydrogen) atoms. The molecule has 0 radical (unpaired) electrons. The van der Waals surface area contributed by atoms with Crippen molar-refractivity contribution in [1.82, 2.24) is 21.7 Å². The largest absolute Gasteiger partial charge is 0.492 e. The zero-order chi connectivity index (χ0) is 30.5. The van der Waals surface area contributed by atoms with Crippen molar-refractivity contribution in [2.45, 2.75) is 51.4 Å².